The lowest BCUT2D eigenvalue weighted by Gasteiger charge is -2.08. The number of nitrogens with one attached hydrogen (secondary N) is 1. The van der Waals surface area contributed by atoms with Crippen LogP contribution in [0.4, 0.5) is 10.1 Å². The van der Waals surface area contributed by atoms with Gasteiger partial charge in [0.25, 0.3) is 5.91 Å². The summed E-state index contributed by atoms with van der Waals surface area (Å²) in [4.78, 5) is 12.0. The third-order valence-corrected chi connectivity index (χ3v) is 3.21. The minimum Gasteiger partial charge on any atom is -0.321 e. The minimum atomic E-state index is -0.585. The van der Waals surface area contributed by atoms with E-state index in [1.807, 2.05) is 6.07 Å². The van der Waals surface area contributed by atoms with E-state index in [9.17, 15) is 9.18 Å². The first-order valence-corrected chi connectivity index (χ1v) is 6.57. The molecule has 0 aliphatic heterocycles. The molecule has 2 aromatic carbocycles. The summed E-state index contributed by atoms with van der Waals surface area (Å²) in [6, 6.07) is 11.2. The molecule has 0 unspecified atom stereocenters. The van der Waals surface area contributed by atoms with E-state index < -0.39 is 11.7 Å². The van der Waals surface area contributed by atoms with Gasteiger partial charge in [-0.15, -0.1) is 0 Å². The fourth-order valence-electron chi connectivity index (χ4n) is 1.71. The zero-order valence-electron chi connectivity index (χ0n) is 10.6. The van der Waals surface area contributed by atoms with Gasteiger partial charge >= 0.3 is 0 Å². The lowest BCUT2D eigenvalue weighted by molar-refractivity contribution is 0.102. The number of benzene rings is 2. The van der Waals surface area contributed by atoms with Gasteiger partial charge in [0.15, 0.2) is 0 Å². The fourth-order valence-corrected chi connectivity index (χ4v) is 2.07. The number of nitriles is 1. The average Bonchev–Trinajstić information content (AvgIpc) is 2.40. The summed E-state index contributed by atoms with van der Waals surface area (Å²) in [7, 11) is 0. The SMILES string of the molecule is Cc1ccc(C(=O)Nc2ccc(Br)cc2C#N)c(F)c1. The number of carbonyl (C=O) groups excluding carboxylic acids is 1. The van der Waals surface area contributed by atoms with Crippen LogP contribution in [0, 0.1) is 24.1 Å². The Bertz CT molecular complexity index is 722. The minimum absolute atomic E-state index is 0.0533. The number of halogens is 2. The van der Waals surface area contributed by atoms with E-state index in [0.717, 1.165) is 10.0 Å². The summed E-state index contributed by atoms with van der Waals surface area (Å²) < 4.78 is 14.4. The first kappa shape index (κ1) is 14.2. The standard InChI is InChI=1S/C15H10BrFN2O/c1-9-2-4-12(13(17)6-9)15(20)19-14-5-3-11(16)7-10(14)8-18/h2-7H,1H3,(H,19,20). The van der Waals surface area contributed by atoms with Crippen LogP contribution < -0.4 is 5.32 Å². The van der Waals surface area contributed by atoms with Gasteiger partial charge in [0, 0.05) is 4.47 Å². The quantitative estimate of drug-likeness (QED) is 0.902. The molecule has 5 heteroatoms. The van der Waals surface area contributed by atoms with Crippen molar-refractivity contribution in [1.82, 2.24) is 0 Å². The highest BCUT2D eigenvalue weighted by atomic mass is 79.9. The second-order valence-electron chi connectivity index (χ2n) is 4.24. The van der Waals surface area contributed by atoms with E-state index in [4.69, 9.17) is 5.26 Å². The molecule has 2 rings (SSSR count). The molecule has 3 nitrogen and oxygen atoms in total. The van der Waals surface area contributed by atoms with Gasteiger partial charge in [-0.1, -0.05) is 22.0 Å². The van der Waals surface area contributed by atoms with Gasteiger partial charge in [-0.2, -0.15) is 5.26 Å². The Morgan fingerprint density at radius 3 is 2.70 bits per heavy atom. The number of anilines is 1. The molecule has 0 saturated carbocycles. The van der Waals surface area contributed by atoms with Crippen molar-refractivity contribution in [2.75, 3.05) is 5.32 Å². The van der Waals surface area contributed by atoms with E-state index in [2.05, 4.69) is 21.2 Å². The summed E-state index contributed by atoms with van der Waals surface area (Å²) in [6.07, 6.45) is 0. The summed E-state index contributed by atoms with van der Waals surface area (Å²) >= 11 is 3.24. The molecule has 100 valence electrons. The van der Waals surface area contributed by atoms with E-state index in [-0.39, 0.29) is 5.56 Å². The van der Waals surface area contributed by atoms with Gasteiger partial charge < -0.3 is 5.32 Å². The van der Waals surface area contributed by atoms with Crippen LogP contribution in [0.15, 0.2) is 40.9 Å². The number of hydrogen-bond acceptors (Lipinski definition) is 2. The molecule has 2 aromatic rings. The number of amides is 1. The molecule has 0 atom stereocenters. The predicted octanol–water partition coefficient (Wildman–Crippen LogP) is 4.02. The molecule has 1 amide bonds. The highest BCUT2D eigenvalue weighted by Gasteiger charge is 2.13. The van der Waals surface area contributed by atoms with Crippen LogP contribution in [-0.2, 0) is 0 Å². The largest absolute Gasteiger partial charge is 0.321 e. The molecular formula is C15H10BrFN2O. The van der Waals surface area contributed by atoms with Crippen LogP contribution in [-0.4, -0.2) is 5.91 Å². The maximum absolute atomic E-state index is 13.7. The van der Waals surface area contributed by atoms with Crippen LogP contribution >= 0.6 is 15.9 Å². The Balaban J connectivity index is 2.31. The van der Waals surface area contributed by atoms with Crippen LogP contribution in [0.3, 0.4) is 0 Å². The normalized spacial score (nSPS) is 9.90. The Morgan fingerprint density at radius 1 is 1.30 bits per heavy atom. The zero-order chi connectivity index (χ0) is 14.7. The average molecular weight is 333 g/mol. The van der Waals surface area contributed by atoms with Gasteiger partial charge in [-0.25, -0.2) is 4.39 Å². The predicted molar refractivity (Wildman–Crippen MR) is 77.9 cm³/mol. The highest BCUT2D eigenvalue weighted by Crippen LogP contribution is 2.21. The van der Waals surface area contributed by atoms with Crippen molar-refractivity contribution >= 4 is 27.5 Å². The molecule has 0 spiro atoms. The van der Waals surface area contributed by atoms with Gasteiger partial charge in [0.2, 0.25) is 0 Å². The fraction of sp³-hybridized carbons (Fsp3) is 0.0667. The molecule has 0 aliphatic rings. The summed E-state index contributed by atoms with van der Waals surface area (Å²) in [5, 5.41) is 11.6. The summed E-state index contributed by atoms with van der Waals surface area (Å²) in [5.74, 6) is -1.17. The molecule has 0 radical (unpaired) electrons. The number of hydrogen-bond donors (Lipinski definition) is 1. The van der Waals surface area contributed by atoms with Crippen molar-refractivity contribution in [2.24, 2.45) is 0 Å². The molecule has 1 N–H and O–H groups in total. The number of nitrogens with zero attached hydrogens (tertiary/aromatic N) is 1. The van der Waals surface area contributed by atoms with Gasteiger partial charge in [0.1, 0.15) is 11.9 Å². The lowest BCUT2D eigenvalue weighted by atomic mass is 10.1. The van der Waals surface area contributed by atoms with E-state index in [1.165, 1.54) is 12.1 Å². The van der Waals surface area contributed by atoms with Crippen LogP contribution in [0.25, 0.3) is 0 Å². The van der Waals surface area contributed by atoms with Crippen molar-refractivity contribution in [1.29, 1.82) is 5.26 Å². The van der Waals surface area contributed by atoms with E-state index in [0.29, 0.717) is 11.3 Å². The van der Waals surface area contributed by atoms with Crippen molar-refractivity contribution in [2.45, 2.75) is 6.92 Å². The Kier molecular flexibility index (Phi) is 4.16. The second-order valence-corrected chi connectivity index (χ2v) is 5.15. The Hall–Kier alpha value is -2.19. The first-order chi connectivity index (χ1) is 9.51. The number of aryl methyl sites for hydroxylation is 1. The van der Waals surface area contributed by atoms with Gasteiger partial charge in [-0.05, 0) is 42.8 Å². The van der Waals surface area contributed by atoms with Crippen LogP contribution in [0.5, 0.6) is 0 Å². The van der Waals surface area contributed by atoms with Crippen molar-refractivity contribution < 1.29 is 9.18 Å². The van der Waals surface area contributed by atoms with Crippen LogP contribution in [0.2, 0.25) is 0 Å². The number of rotatable bonds is 2. The highest BCUT2D eigenvalue weighted by molar-refractivity contribution is 9.10. The van der Waals surface area contributed by atoms with Crippen molar-refractivity contribution in [3.63, 3.8) is 0 Å². The van der Waals surface area contributed by atoms with Gasteiger partial charge in [0.05, 0.1) is 16.8 Å². The van der Waals surface area contributed by atoms with Crippen LogP contribution in [0.1, 0.15) is 21.5 Å². The van der Waals surface area contributed by atoms with E-state index >= 15 is 0 Å². The molecule has 0 saturated heterocycles. The van der Waals surface area contributed by atoms with Gasteiger partial charge in [-0.3, -0.25) is 4.79 Å². The number of carbonyl (C=O) groups is 1. The first-order valence-electron chi connectivity index (χ1n) is 5.78. The lowest BCUT2D eigenvalue weighted by Crippen LogP contribution is -2.14. The maximum atomic E-state index is 13.7. The summed E-state index contributed by atoms with van der Waals surface area (Å²) in [6.45, 7) is 1.74. The summed E-state index contributed by atoms with van der Waals surface area (Å²) in [5.41, 5.74) is 1.34. The third kappa shape index (κ3) is 3.03. The third-order valence-electron chi connectivity index (χ3n) is 2.72. The molecule has 0 fully saturated rings. The molecular weight excluding hydrogens is 323 g/mol. The zero-order valence-corrected chi connectivity index (χ0v) is 12.2. The Labute approximate surface area is 124 Å². The Morgan fingerprint density at radius 2 is 2.05 bits per heavy atom. The second kappa shape index (κ2) is 5.85. The van der Waals surface area contributed by atoms with Crippen molar-refractivity contribution in [3.05, 3.63) is 63.4 Å². The topological polar surface area (TPSA) is 52.9 Å². The smallest absolute Gasteiger partial charge is 0.258 e. The monoisotopic (exact) mass is 332 g/mol. The maximum Gasteiger partial charge on any atom is 0.258 e. The van der Waals surface area contributed by atoms with E-state index in [1.54, 1.807) is 31.2 Å². The van der Waals surface area contributed by atoms with Crippen molar-refractivity contribution in [3.8, 4) is 6.07 Å². The molecule has 0 aliphatic carbocycles. The molecule has 0 aromatic heterocycles. The molecule has 20 heavy (non-hydrogen) atoms. The molecule has 0 bridgehead atoms. The molecule has 0 heterocycles.